The average molecular weight is 462 g/mol. The smallest absolute Gasteiger partial charge is 0.337 e. The van der Waals surface area contributed by atoms with Gasteiger partial charge in [-0.15, -0.1) is 0 Å². The number of aromatic nitrogens is 2. The zero-order valence-electron chi connectivity index (χ0n) is 16.4. The first kappa shape index (κ1) is 22.1. The second-order valence-electron chi connectivity index (χ2n) is 6.14. The van der Waals surface area contributed by atoms with E-state index in [-0.39, 0.29) is 22.6 Å². The van der Waals surface area contributed by atoms with E-state index < -0.39 is 11.9 Å². The van der Waals surface area contributed by atoms with E-state index in [1.54, 1.807) is 18.2 Å². The number of hydrogen-bond donors (Lipinski definition) is 3. The van der Waals surface area contributed by atoms with Gasteiger partial charge >= 0.3 is 11.9 Å². The highest BCUT2D eigenvalue weighted by molar-refractivity contribution is 6.36. The Morgan fingerprint density at radius 2 is 1.48 bits per heavy atom. The minimum Gasteiger partial charge on any atom is -0.465 e. The summed E-state index contributed by atoms with van der Waals surface area (Å²) in [5.41, 5.74) is 7.58. The number of carbonyl (C=O) groups is 2. The highest BCUT2D eigenvalue weighted by Crippen LogP contribution is 2.32. The Hall–Kier alpha value is -3.56. The first-order valence-electron chi connectivity index (χ1n) is 8.73. The standard InChI is InChI=1S/C20H17Cl2N5O4/c1-30-19(28)10-5-11(20(29)31-2)7-13(6-10)26-17-16(23)18(25-9-24-17)27-15-4-3-12(21)8-14(15)22/h3-9H,23H2,1-2H3,(H2,24,25,26,27). The fourth-order valence-electron chi connectivity index (χ4n) is 2.62. The number of halogens is 2. The summed E-state index contributed by atoms with van der Waals surface area (Å²) in [4.78, 5) is 32.2. The van der Waals surface area contributed by atoms with E-state index in [9.17, 15) is 9.59 Å². The van der Waals surface area contributed by atoms with Gasteiger partial charge in [-0.3, -0.25) is 0 Å². The number of benzene rings is 2. The summed E-state index contributed by atoms with van der Waals surface area (Å²) in [5, 5.41) is 6.86. The van der Waals surface area contributed by atoms with Gasteiger partial charge < -0.3 is 25.8 Å². The Balaban J connectivity index is 1.95. The second-order valence-corrected chi connectivity index (χ2v) is 6.98. The molecule has 4 N–H and O–H groups in total. The number of nitrogen functional groups attached to an aromatic ring is 1. The summed E-state index contributed by atoms with van der Waals surface area (Å²) in [6, 6.07) is 9.27. The molecule has 1 aromatic heterocycles. The number of hydrogen-bond acceptors (Lipinski definition) is 9. The Morgan fingerprint density at radius 3 is 2.03 bits per heavy atom. The zero-order valence-corrected chi connectivity index (χ0v) is 17.9. The van der Waals surface area contributed by atoms with Crippen LogP contribution >= 0.6 is 23.2 Å². The molecule has 3 rings (SSSR count). The average Bonchev–Trinajstić information content (AvgIpc) is 2.76. The third-order valence-corrected chi connectivity index (χ3v) is 4.65. The van der Waals surface area contributed by atoms with Gasteiger partial charge in [-0.1, -0.05) is 23.2 Å². The maximum absolute atomic E-state index is 12.0. The molecule has 2 aromatic carbocycles. The number of anilines is 5. The Labute approximate surface area is 187 Å². The van der Waals surface area contributed by atoms with E-state index in [1.807, 2.05) is 0 Å². The van der Waals surface area contributed by atoms with E-state index in [0.29, 0.717) is 27.2 Å². The van der Waals surface area contributed by atoms with Gasteiger partial charge in [0.2, 0.25) is 0 Å². The van der Waals surface area contributed by atoms with Gasteiger partial charge in [0.25, 0.3) is 0 Å². The van der Waals surface area contributed by atoms with Crippen molar-refractivity contribution in [1.29, 1.82) is 0 Å². The quantitative estimate of drug-likeness (QED) is 0.456. The summed E-state index contributed by atoms with van der Waals surface area (Å²) in [6.07, 6.45) is 1.29. The molecule has 0 saturated heterocycles. The van der Waals surface area contributed by atoms with Gasteiger partial charge in [-0.2, -0.15) is 0 Å². The van der Waals surface area contributed by atoms with Crippen LogP contribution in [0.2, 0.25) is 10.0 Å². The molecule has 3 aromatic rings. The Kier molecular flexibility index (Phi) is 6.78. The number of ether oxygens (including phenoxy) is 2. The van der Waals surface area contributed by atoms with Crippen LogP contribution in [0.1, 0.15) is 20.7 Å². The highest BCUT2D eigenvalue weighted by atomic mass is 35.5. The van der Waals surface area contributed by atoms with Crippen LogP contribution in [-0.2, 0) is 9.47 Å². The zero-order chi connectivity index (χ0) is 22.5. The molecule has 0 atom stereocenters. The van der Waals surface area contributed by atoms with E-state index in [0.717, 1.165) is 0 Å². The molecular formula is C20H17Cl2N5O4. The van der Waals surface area contributed by atoms with Gasteiger partial charge in [-0.25, -0.2) is 19.6 Å². The number of esters is 2. The predicted molar refractivity (Wildman–Crippen MR) is 119 cm³/mol. The lowest BCUT2D eigenvalue weighted by molar-refractivity contribution is 0.0599. The summed E-state index contributed by atoms with van der Waals surface area (Å²) in [6.45, 7) is 0. The number of nitrogens with two attached hydrogens (primary N) is 1. The van der Waals surface area contributed by atoms with Crippen molar-refractivity contribution in [2.75, 3.05) is 30.6 Å². The lowest BCUT2D eigenvalue weighted by Gasteiger charge is -2.14. The van der Waals surface area contributed by atoms with Crippen molar-refractivity contribution < 1.29 is 19.1 Å². The lowest BCUT2D eigenvalue weighted by atomic mass is 10.1. The van der Waals surface area contributed by atoms with Gasteiger partial charge in [-0.05, 0) is 36.4 Å². The molecule has 0 aliphatic rings. The molecule has 0 radical (unpaired) electrons. The fraction of sp³-hybridized carbons (Fsp3) is 0.100. The largest absolute Gasteiger partial charge is 0.465 e. The highest BCUT2D eigenvalue weighted by Gasteiger charge is 2.16. The molecule has 0 fully saturated rings. The lowest BCUT2D eigenvalue weighted by Crippen LogP contribution is -2.09. The summed E-state index contributed by atoms with van der Waals surface area (Å²) in [5.74, 6) is -0.715. The van der Waals surface area contributed by atoms with Crippen LogP contribution in [0.15, 0.2) is 42.7 Å². The molecule has 160 valence electrons. The van der Waals surface area contributed by atoms with E-state index >= 15 is 0 Å². The molecular weight excluding hydrogens is 445 g/mol. The monoisotopic (exact) mass is 461 g/mol. The summed E-state index contributed by atoms with van der Waals surface area (Å²) < 4.78 is 9.48. The number of rotatable bonds is 6. The number of carbonyl (C=O) groups excluding carboxylic acids is 2. The van der Waals surface area contributed by atoms with Crippen molar-refractivity contribution in [2.24, 2.45) is 0 Å². The van der Waals surface area contributed by atoms with Crippen LogP contribution in [0.5, 0.6) is 0 Å². The molecule has 0 bridgehead atoms. The molecule has 0 spiro atoms. The van der Waals surface area contributed by atoms with Crippen LogP contribution in [0.3, 0.4) is 0 Å². The maximum atomic E-state index is 12.0. The Morgan fingerprint density at radius 1 is 0.903 bits per heavy atom. The Bertz CT molecular complexity index is 1120. The van der Waals surface area contributed by atoms with Crippen LogP contribution in [-0.4, -0.2) is 36.1 Å². The van der Waals surface area contributed by atoms with Crippen LogP contribution < -0.4 is 16.4 Å². The molecule has 0 unspecified atom stereocenters. The fourth-order valence-corrected chi connectivity index (χ4v) is 3.08. The summed E-state index contributed by atoms with van der Waals surface area (Å²) >= 11 is 12.1. The predicted octanol–water partition coefficient (Wildman–Crippen LogP) is 4.43. The molecule has 0 aliphatic heterocycles. The second kappa shape index (κ2) is 9.50. The van der Waals surface area contributed by atoms with Gasteiger partial charge in [0.1, 0.15) is 12.0 Å². The minimum absolute atomic E-state index is 0.145. The van der Waals surface area contributed by atoms with Crippen LogP contribution in [0, 0.1) is 0 Å². The third kappa shape index (κ3) is 5.14. The number of nitrogens with zero attached hydrogens (tertiary/aromatic N) is 2. The SMILES string of the molecule is COC(=O)c1cc(Nc2ncnc(Nc3ccc(Cl)cc3Cl)c2N)cc(C(=O)OC)c1. The van der Waals surface area contributed by atoms with Crippen molar-refractivity contribution >= 4 is 63.8 Å². The van der Waals surface area contributed by atoms with Gasteiger partial charge in [0.15, 0.2) is 11.6 Å². The van der Waals surface area contributed by atoms with Crippen molar-refractivity contribution in [3.8, 4) is 0 Å². The maximum Gasteiger partial charge on any atom is 0.337 e. The van der Waals surface area contributed by atoms with Crippen LogP contribution in [0.25, 0.3) is 0 Å². The van der Waals surface area contributed by atoms with Crippen molar-refractivity contribution in [3.05, 3.63) is 63.9 Å². The molecule has 9 nitrogen and oxygen atoms in total. The van der Waals surface area contributed by atoms with Crippen LogP contribution in [0.4, 0.5) is 28.7 Å². The molecule has 1 heterocycles. The molecule has 31 heavy (non-hydrogen) atoms. The van der Waals surface area contributed by atoms with Crippen molar-refractivity contribution in [1.82, 2.24) is 9.97 Å². The van der Waals surface area contributed by atoms with Crippen molar-refractivity contribution in [2.45, 2.75) is 0 Å². The molecule has 0 amide bonds. The van der Waals surface area contributed by atoms with Crippen molar-refractivity contribution in [3.63, 3.8) is 0 Å². The third-order valence-electron chi connectivity index (χ3n) is 4.11. The van der Waals surface area contributed by atoms with E-state index in [4.69, 9.17) is 38.4 Å². The summed E-state index contributed by atoms with van der Waals surface area (Å²) in [7, 11) is 2.48. The van der Waals surface area contributed by atoms with E-state index in [1.165, 1.54) is 38.7 Å². The normalized spacial score (nSPS) is 10.3. The van der Waals surface area contributed by atoms with Gasteiger partial charge in [0, 0.05) is 10.7 Å². The first-order valence-corrected chi connectivity index (χ1v) is 9.49. The molecule has 0 aliphatic carbocycles. The first-order chi connectivity index (χ1) is 14.8. The van der Waals surface area contributed by atoms with Gasteiger partial charge in [0.05, 0.1) is 36.1 Å². The number of nitrogens with one attached hydrogen (secondary N) is 2. The van der Waals surface area contributed by atoms with E-state index in [2.05, 4.69) is 20.6 Å². The number of methoxy groups -OCH3 is 2. The molecule has 0 saturated carbocycles. The molecule has 11 heteroatoms. The minimum atomic E-state index is -0.621. The topological polar surface area (TPSA) is 128 Å².